The highest BCUT2D eigenvalue weighted by molar-refractivity contribution is 5.77. The van der Waals surface area contributed by atoms with E-state index in [9.17, 15) is 9.90 Å². The molecule has 0 amide bonds. The molecule has 1 rings (SSSR count). The lowest BCUT2D eigenvalue weighted by Crippen LogP contribution is -2.14. The molecule has 18 heavy (non-hydrogen) atoms. The highest BCUT2D eigenvalue weighted by atomic mass is 16.5. The van der Waals surface area contributed by atoms with Gasteiger partial charge in [-0.2, -0.15) is 0 Å². The number of para-hydroxylation sites is 1. The molecule has 2 atom stereocenters. The van der Waals surface area contributed by atoms with E-state index in [0.717, 1.165) is 18.4 Å². The highest BCUT2D eigenvalue weighted by Crippen LogP contribution is 2.31. The number of methoxy groups -OCH3 is 1. The summed E-state index contributed by atoms with van der Waals surface area (Å²) in [6.45, 7) is 4.28. The lowest BCUT2D eigenvalue weighted by Gasteiger charge is -2.17. The number of hydrogen-bond donors (Lipinski definition) is 1. The van der Waals surface area contributed by atoms with E-state index in [0.29, 0.717) is 18.1 Å². The monoisotopic (exact) mass is 250 g/mol. The standard InChI is InChI=1S/C15H22O3/c1-4-11(2)9-10-13(15(16)17)12-7-5-6-8-14(12)18-3/h5-8,11,13H,4,9-10H2,1-3H3,(H,16,17). The predicted octanol–water partition coefficient (Wildman–Crippen LogP) is 3.69. The summed E-state index contributed by atoms with van der Waals surface area (Å²) in [6, 6.07) is 7.37. The Bertz CT molecular complexity index is 387. The molecule has 0 aliphatic rings. The topological polar surface area (TPSA) is 46.5 Å². The normalized spacial score (nSPS) is 13.9. The van der Waals surface area contributed by atoms with Gasteiger partial charge in [-0.25, -0.2) is 0 Å². The second kappa shape index (κ2) is 7.04. The van der Waals surface area contributed by atoms with Crippen molar-refractivity contribution in [1.82, 2.24) is 0 Å². The van der Waals surface area contributed by atoms with Gasteiger partial charge in [-0.05, 0) is 24.8 Å². The minimum atomic E-state index is -0.775. The summed E-state index contributed by atoms with van der Waals surface area (Å²) < 4.78 is 5.25. The van der Waals surface area contributed by atoms with E-state index in [-0.39, 0.29) is 0 Å². The van der Waals surface area contributed by atoms with E-state index in [2.05, 4.69) is 13.8 Å². The third-order valence-corrected chi connectivity index (χ3v) is 3.46. The van der Waals surface area contributed by atoms with Crippen molar-refractivity contribution in [3.8, 4) is 5.75 Å². The molecule has 1 aromatic carbocycles. The zero-order valence-electron chi connectivity index (χ0n) is 11.3. The lowest BCUT2D eigenvalue weighted by molar-refractivity contribution is -0.139. The maximum atomic E-state index is 11.4. The van der Waals surface area contributed by atoms with Gasteiger partial charge in [0.1, 0.15) is 5.75 Å². The summed E-state index contributed by atoms with van der Waals surface area (Å²) >= 11 is 0. The van der Waals surface area contributed by atoms with Gasteiger partial charge in [0, 0.05) is 5.56 Å². The van der Waals surface area contributed by atoms with Crippen LogP contribution >= 0.6 is 0 Å². The summed E-state index contributed by atoms with van der Waals surface area (Å²) in [6.07, 6.45) is 2.66. The first kappa shape index (κ1) is 14.6. The Kier molecular flexibility index (Phi) is 5.69. The van der Waals surface area contributed by atoms with Crippen LogP contribution in [-0.2, 0) is 4.79 Å². The number of carboxylic acid groups (broad SMARTS) is 1. The molecule has 0 radical (unpaired) electrons. The molecule has 0 spiro atoms. The molecule has 0 saturated carbocycles. The summed E-state index contributed by atoms with van der Waals surface area (Å²) in [5, 5.41) is 9.38. The van der Waals surface area contributed by atoms with Crippen molar-refractivity contribution in [2.24, 2.45) is 5.92 Å². The van der Waals surface area contributed by atoms with Gasteiger partial charge in [-0.15, -0.1) is 0 Å². The number of benzene rings is 1. The predicted molar refractivity (Wildman–Crippen MR) is 72.1 cm³/mol. The van der Waals surface area contributed by atoms with E-state index in [4.69, 9.17) is 4.74 Å². The van der Waals surface area contributed by atoms with E-state index in [1.807, 2.05) is 24.3 Å². The van der Waals surface area contributed by atoms with Crippen LogP contribution in [0.4, 0.5) is 0 Å². The van der Waals surface area contributed by atoms with E-state index < -0.39 is 11.9 Å². The number of carboxylic acids is 1. The van der Waals surface area contributed by atoms with Crippen molar-refractivity contribution in [2.45, 2.75) is 39.0 Å². The Morgan fingerprint density at radius 1 is 1.33 bits per heavy atom. The molecule has 0 fully saturated rings. The smallest absolute Gasteiger partial charge is 0.311 e. The lowest BCUT2D eigenvalue weighted by atomic mass is 9.89. The number of ether oxygens (including phenoxy) is 1. The molecule has 3 heteroatoms. The SMILES string of the molecule is CCC(C)CCC(C(=O)O)c1ccccc1OC. The number of aliphatic carboxylic acids is 1. The van der Waals surface area contributed by atoms with Gasteiger partial charge in [0.15, 0.2) is 0 Å². The average Bonchev–Trinajstić information content (AvgIpc) is 2.38. The largest absolute Gasteiger partial charge is 0.496 e. The Balaban J connectivity index is 2.87. The van der Waals surface area contributed by atoms with Crippen LogP contribution in [0.25, 0.3) is 0 Å². The van der Waals surface area contributed by atoms with Crippen molar-refractivity contribution >= 4 is 5.97 Å². The number of rotatable bonds is 7. The molecule has 0 bridgehead atoms. The first-order valence-corrected chi connectivity index (χ1v) is 6.45. The zero-order valence-corrected chi connectivity index (χ0v) is 11.3. The van der Waals surface area contributed by atoms with Gasteiger partial charge < -0.3 is 9.84 Å². The Morgan fingerprint density at radius 2 is 2.00 bits per heavy atom. The Labute approximate surface area is 109 Å². The van der Waals surface area contributed by atoms with Crippen LogP contribution in [0.15, 0.2) is 24.3 Å². The van der Waals surface area contributed by atoms with Crippen LogP contribution in [0.1, 0.15) is 44.6 Å². The van der Waals surface area contributed by atoms with E-state index in [1.165, 1.54) is 0 Å². The third-order valence-electron chi connectivity index (χ3n) is 3.46. The average molecular weight is 250 g/mol. The van der Waals surface area contributed by atoms with Crippen LogP contribution in [0.3, 0.4) is 0 Å². The fourth-order valence-corrected chi connectivity index (χ4v) is 2.02. The maximum absolute atomic E-state index is 11.4. The molecular weight excluding hydrogens is 228 g/mol. The second-order valence-corrected chi connectivity index (χ2v) is 4.72. The quantitative estimate of drug-likeness (QED) is 0.802. The Hall–Kier alpha value is -1.51. The molecule has 0 aliphatic heterocycles. The Morgan fingerprint density at radius 3 is 2.56 bits per heavy atom. The van der Waals surface area contributed by atoms with E-state index >= 15 is 0 Å². The molecule has 0 aromatic heterocycles. The van der Waals surface area contributed by atoms with Crippen LogP contribution in [0.5, 0.6) is 5.75 Å². The fraction of sp³-hybridized carbons (Fsp3) is 0.533. The van der Waals surface area contributed by atoms with Crippen molar-refractivity contribution < 1.29 is 14.6 Å². The fourth-order valence-electron chi connectivity index (χ4n) is 2.02. The van der Waals surface area contributed by atoms with Gasteiger partial charge in [0.2, 0.25) is 0 Å². The number of hydrogen-bond acceptors (Lipinski definition) is 2. The molecule has 3 nitrogen and oxygen atoms in total. The van der Waals surface area contributed by atoms with Gasteiger partial charge in [-0.3, -0.25) is 4.79 Å². The van der Waals surface area contributed by atoms with Crippen molar-refractivity contribution in [3.05, 3.63) is 29.8 Å². The third kappa shape index (κ3) is 3.76. The van der Waals surface area contributed by atoms with Crippen LogP contribution in [-0.4, -0.2) is 18.2 Å². The summed E-state index contributed by atoms with van der Waals surface area (Å²) in [7, 11) is 1.58. The van der Waals surface area contributed by atoms with Gasteiger partial charge in [-0.1, -0.05) is 38.5 Å². The van der Waals surface area contributed by atoms with Crippen LogP contribution in [0, 0.1) is 5.92 Å². The maximum Gasteiger partial charge on any atom is 0.311 e. The molecule has 0 aliphatic carbocycles. The van der Waals surface area contributed by atoms with Crippen LogP contribution in [0.2, 0.25) is 0 Å². The molecule has 1 N–H and O–H groups in total. The van der Waals surface area contributed by atoms with Gasteiger partial charge >= 0.3 is 5.97 Å². The molecule has 2 unspecified atom stereocenters. The van der Waals surface area contributed by atoms with Gasteiger partial charge in [0.05, 0.1) is 13.0 Å². The summed E-state index contributed by atoms with van der Waals surface area (Å²) in [4.78, 5) is 11.4. The molecule has 0 heterocycles. The van der Waals surface area contributed by atoms with Crippen molar-refractivity contribution in [1.29, 1.82) is 0 Å². The molecule has 100 valence electrons. The van der Waals surface area contributed by atoms with Crippen molar-refractivity contribution in [2.75, 3.05) is 7.11 Å². The highest BCUT2D eigenvalue weighted by Gasteiger charge is 2.23. The first-order valence-electron chi connectivity index (χ1n) is 6.45. The van der Waals surface area contributed by atoms with E-state index in [1.54, 1.807) is 7.11 Å². The molecule has 0 saturated heterocycles. The minimum absolute atomic E-state index is 0.477. The molecule has 1 aromatic rings. The second-order valence-electron chi connectivity index (χ2n) is 4.72. The van der Waals surface area contributed by atoms with Crippen LogP contribution < -0.4 is 4.74 Å². The summed E-state index contributed by atoms with van der Waals surface area (Å²) in [5.74, 6) is -0.0337. The van der Waals surface area contributed by atoms with Gasteiger partial charge in [0.25, 0.3) is 0 Å². The minimum Gasteiger partial charge on any atom is -0.496 e. The first-order chi connectivity index (χ1) is 8.60. The zero-order chi connectivity index (χ0) is 13.5. The van der Waals surface area contributed by atoms with Crippen molar-refractivity contribution in [3.63, 3.8) is 0 Å². The molecular formula is C15H22O3. The number of carbonyl (C=O) groups is 1. The summed E-state index contributed by atoms with van der Waals surface area (Å²) in [5.41, 5.74) is 0.774.